The molecule has 0 aliphatic heterocycles. The van der Waals surface area contributed by atoms with Gasteiger partial charge in [-0.3, -0.25) is 0 Å². The summed E-state index contributed by atoms with van der Waals surface area (Å²) in [5, 5.41) is 3.66. The molecule has 0 bridgehead atoms. The van der Waals surface area contributed by atoms with Crippen LogP contribution < -0.4 is 5.32 Å². The van der Waals surface area contributed by atoms with E-state index in [4.69, 9.17) is 11.6 Å². The topological polar surface area (TPSA) is 12.0 Å². The highest BCUT2D eigenvalue weighted by molar-refractivity contribution is 6.30. The molecule has 2 rings (SSSR count). The van der Waals surface area contributed by atoms with Gasteiger partial charge in [-0.1, -0.05) is 54.9 Å². The summed E-state index contributed by atoms with van der Waals surface area (Å²) in [6.45, 7) is 3.01. The summed E-state index contributed by atoms with van der Waals surface area (Å²) in [5.74, 6) is -0.340. The van der Waals surface area contributed by atoms with Crippen molar-refractivity contribution in [3.8, 4) is 0 Å². The second kappa shape index (κ2) is 8.16. The average Bonchev–Trinajstić information content (AvgIpc) is 2.50. The molecule has 1 unspecified atom stereocenters. The molecule has 2 aromatic rings. The van der Waals surface area contributed by atoms with Crippen LogP contribution in [0.1, 0.15) is 24.5 Å². The summed E-state index contributed by atoms with van der Waals surface area (Å²) in [7, 11) is 0. The Kier molecular flexibility index (Phi) is 6.21. The van der Waals surface area contributed by atoms with E-state index in [0.29, 0.717) is 6.04 Å². The number of nitrogens with one attached hydrogen (secondary N) is 1. The van der Waals surface area contributed by atoms with Crippen LogP contribution in [0.15, 0.2) is 48.5 Å². The van der Waals surface area contributed by atoms with Crippen molar-refractivity contribution in [3.63, 3.8) is 0 Å². The highest BCUT2D eigenvalue weighted by atomic mass is 35.5. The maximum atomic E-state index is 13.5. The molecule has 1 atom stereocenters. The predicted molar refractivity (Wildman–Crippen MR) is 87.3 cm³/mol. The van der Waals surface area contributed by atoms with E-state index in [1.807, 2.05) is 12.1 Å². The van der Waals surface area contributed by atoms with Crippen molar-refractivity contribution in [1.29, 1.82) is 0 Å². The summed E-state index contributed by atoms with van der Waals surface area (Å²) >= 11 is 5.73. The van der Waals surface area contributed by atoms with Gasteiger partial charge < -0.3 is 5.32 Å². The minimum atomic E-state index is -0.340. The second-order valence-electron chi connectivity index (χ2n) is 5.23. The zero-order valence-corrected chi connectivity index (χ0v) is 13.0. The van der Waals surface area contributed by atoms with E-state index in [-0.39, 0.29) is 10.8 Å². The van der Waals surface area contributed by atoms with Crippen molar-refractivity contribution in [2.75, 3.05) is 6.54 Å². The summed E-state index contributed by atoms with van der Waals surface area (Å²) in [6, 6.07) is 15.9. The number of rotatable bonds is 7. The lowest BCUT2D eigenvalue weighted by atomic mass is 9.99. The molecular formula is C18H21ClFN. The molecule has 1 N–H and O–H groups in total. The zero-order chi connectivity index (χ0) is 15.1. The second-order valence-corrected chi connectivity index (χ2v) is 5.64. The lowest BCUT2D eigenvalue weighted by molar-refractivity contribution is 0.490. The fourth-order valence-electron chi connectivity index (χ4n) is 2.50. The van der Waals surface area contributed by atoms with E-state index in [2.05, 4.69) is 36.5 Å². The van der Waals surface area contributed by atoms with E-state index in [1.165, 1.54) is 11.6 Å². The van der Waals surface area contributed by atoms with E-state index < -0.39 is 0 Å². The van der Waals surface area contributed by atoms with Crippen molar-refractivity contribution in [2.24, 2.45) is 0 Å². The largest absolute Gasteiger partial charge is 0.314 e. The Morgan fingerprint density at radius 2 is 1.86 bits per heavy atom. The van der Waals surface area contributed by atoms with Gasteiger partial charge in [0.15, 0.2) is 0 Å². The Balaban J connectivity index is 1.96. The molecule has 0 aliphatic rings. The van der Waals surface area contributed by atoms with E-state index >= 15 is 0 Å². The lowest BCUT2D eigenvalue weighted by Gasteiger charge is -2.18. The fourth-order valence-corrected chi connectivity index (χ4v) is 2.62. The van der Waals surface area contributed by atoms with E-state index in [1.54, 1.807) is 6.07 Å². The summed E-state index contributed by atoms with van der Waals surface area (Å²) in [5.41, 5.74) is 2.32. The van der Waals surface area contributed by atoms with Gasteiger partial charge in [-0.05, 0) is 49.1 Å². The Hall–Kier alpha value is -1.38. The Labute approximate surface area is 131 Å². The van der Waals surface area contributed by atoms with Crippen LogP contribution in [0, 0.1) is 5.82 Å². The minimum absolute atomic E-state index is 0.183. The highest BCUT2D eigenvalue weighted by Gasteiger charge is 2.10. The van der Waals surface area contributed by atoms with Crippen LogP contribution in [0.4, 0.5) is 4.39 Å². The molecule has 0 amide bonds. The molecule has 1 nitrogen and oxygen atoms in total. The molecule has 21 heavy (non-hydrogen) atoms. The molecular weight excluding hydrogens is 285 g/mol. The predicted octanol–water partition coefficient (Wildman–Crippen LogP) is 4.63. The molecule has 112 valence electrons. The van der Waals surface area contributed by atoms with Crippen molar-refractivity contribution in [3.05, 3.63) is 70.5 Å². The van der Waals surface area contributed by atoms with Crippen molar-refractivity contribution < 1.29 is 4.39 Å². The summed E-state index contributed by atoms with van der Waals surface area (Å²) in [4.78, 5) is 0. The SMILES string of the molecule is CCNC(CCc1ccccc1)Cc1ccc(Cl)c(F)c1. The van der Waals surface area contributed by atoms with Gasteiger partial charge in [-0.25, -0.2) is 4.39 Å². The maximum absolute atomic E-state index is 13.5. The first-order valence-corrected chi connectivity index (χ1v) is 7.78. The van der Waals surface area contributed by atoms with Crippen molar-refractivity contribution >= 4 is 11.6 Å². The van der Waals surface area contributed by atoms with Crippen molar-refractivity contribution in [2.45, 2.75) is 32.2 Å². The fraction of sp³-hybridized carbons (Fsp3) is 0.333. The molecule has 3 heteroatoms. The Morgan fingerprint density at radius 3 is 2.52 bits per heavy atom. The third kappa shape index (κ3) is 5.14. The number of hydrogen-bond donors (Lipinski definition) is 1. The molecule has 2 aromatic carbocycles. The number of halogens is 2. The molecule has 0 radical (unpaired) electrons. The lowest BCUT2D eigenvalue weighted by Crippen LogP contribution is -2.31. The van der Waals surface area contributed by atoms with Crippen LogP contribution in [0.3, 0.4) is 0 Å². The minimum Gasteiger partial charge on any atom is -0.314 e. The first kappa shape index (κ1) is 16.0. The van der Waals surface area contributed by atoms with Crippen LogP contribution in [-0.4, -0.2) is 12.6 Å². The zero-order valence-electron chi connectivity index (χ0n) is 12.3. The van der Waals surface area contributed by atoms with Gasteiger partial charge in [-0.2, -0.15) is 0 Å². The smallest absolute Gasteiger partial charge is 0.142 e. The van der Waals surface area contributed by atoms with E-state index in [0.717, 1.165) is 31.4 Å². The summed E-state index contributed by atoms with van der Waals surface area (Å²) in [6.07, 6.45) is 2.87. The van der Waals surface area contributed by atoms with Crippen LogP contribution in [0.5, 0.6) is 0 Å². The Morgan fingerprint density at radius 1 is 1.10 bits per heavy atom. The first-order chi connectivity index (χ1) is 10.2. The summed E-state index contributed by atoms with van der Waals surface area (Å²) < 4.78 is 13.5. The molecule has 0 fully saturated rings. The van der Waals surface area contributed by atoms with Crippen molar-refractivity contribution in [1.82, 2.24) is 5.32 Å². The maximum Gasteiger partial charge on any atom is 0.142 e. The van der Waals surface area contributed by atoms with Gasteiger partial charge in [-0.15, -0.1) is 0 Å². The number of hydrogen-bond acceptors (Lipinski definition) is 1. The molecule has 0 aromatic heterocycles. The van der Waals surface area contributed by atoms with Crippen LogP contribution in [0.25, 0.3) is 0 Å². The third-order valence-corrected chi connectivity index (χ3v) is 3.89. The van der Waals surface area contributed by atoms with Gasteiger partial charge >= 0.3 is 0 Å². The molecule has 0 aliphatic carbocycles. The molecule has 0 saturated carbocycles. The van der Waals surface area contributed by atoms with Crippen LogP contribution >= 0.6 is 11.6 Å². The number of aryl methyl sites for hydroxylation is 1. The van der Waals surface area contributed by atoms with Gasteiger partial charge in [0, 0.05) is 6.04 Å². The van der Waals surface area contributed by atoms with Gasteiger partial charge in [0.2, 0.25) is 0 Å². The van der Waals surface area contributed by atoms with Gasteiger partial charge in [0.1, 0.15) is 5.82 Å². The highest BCUT2D eigenvalue weighted by Crippen LogP contribution is 2.17. The average molecular weight is 306 g/mol. The number of likely N-dealkylation sites (N-methyl/N-ethyl adjacent to an activating group) is 1. The normalized spacial score (nSPS) is 12.3. The van der Waals surface area contributed by atoms with Crippen LogP contribution in [-0.2, 0) is 12.8 Å². The van der Waals surface area contributed by atoms with Gasteiger partial charge in [0.25, 0.3) is 0 Å². The van der Waals surface area contributed by atoms with Gasteiger partial charge in [0.05, 0.1) is 5.02 Å². The molecule has 0 spiro atoms. The first-order valence-electron chi connectivity index (χ1n) is 7.40. The third-order valence-electron chi connectivity index (χ3n) is 3.58. The molecule has 0 saturated heterocycles. The molecule has 0 heterocycles. The Bertz CT molecular complexity index is 556. The quantitative estimate of drug-likeness (QED) is 0.786. The standard InChI is InChI=1S/C18H21ClFN/c1-2-21-16(10-8-14-6-4-3-5-7-14)12-15-9-11-17(19)18(20)13-15/h3-7,9,11,13,16,21H,2,8,10,12H2,1H3. The number of benzene rings is 2. The van der Waals surface area contributed by atoms with Crippen LogP contribution in [0.2, 0.25) is 5.02 Å². The van der Waals surface area contributed by atoms with E-state index in [9.17, 15) is 4.39 Å². The monoisotopic (exact) mass is 305 g/mol.